The van der Waals surface area contributed by atoms with Gasteiger partial charge in [-0.15, -0.1) is 0 Å². The van der Waals surface area contributed by atoms with E-state index in [-0.39, 0.29) is 6.29 Å². The van der Waals surface area contributed by atoms with Gasteiger partial charge < -0.3 is 9.47 Å². The predicted octanol–water partition coefficient (Wildman–Crippen LogP) is 6.53. The number of hydrogen-bond donors (Lipinski definition) is 0. The lowest BCUT2D eigenvalue weighted by Crippen LogP contribution is -2.18. The molecule has 1 aliphatic carbocycles. The zero-order valence-corrected chi connectivity index (χ0v) is 17.2. The molecule has 0 bridgehead atoms. The van der Waals surface area contributed by atoms with Crippen LogP contribution < -0.4 is 0 Å². The van der Waals surface area contributed by atoms with Gasteiger partial charge in [0.25, 0.3) is 0 Å². The van der Waals surface area contributed by atoms with Crippen molar-refractivity contribution in [2.45, 2.75) is 66.6 Å². The van der Waals surface area contributed by atoms with E-state index >= 15 is 0 Å². The Morgan fingerprint density at radius 1 is 0.923 bits per heavy atom. The van der Waals surface area contributed by atoms with Gasteiger partial charge in [0.2, 0.25) is 0 Å². The summed E-state index contributed by atoms with van der Waals surface area (Å²) in [5, 5.41) is 0. The summed E-state index contributed by atoms with van der Waals surface area (Å²) in [4.78, 5) is 0. The van der Waals surface area contributed by atoms with Crippen LogP contribution in [-0.2, 0) is 15.9 Å². The molecule has 144 valence electrons. The van der Waals surface area contributed by atoms with E-state index in [4.69, 9.17) is 9.47 Å². The van der Waals surface area contributed by atoms with Gasteiger partial charge in [0.05, 0.1) is 12.4 Å². The second-order valence-electron chi connectivity index (χ2n) is 8.15. The molecule has 0 heterocycles. The van der Waals surface area contributed by atoms with Gasteiger partial charge in [0.1, 0.15) is 0 Å². The highest BCUT2D eigenvalue weighted by atomic mass is 16.7. The molecule has 0 aliphatic heterocycles. The SMILES string of the molecule is CC(C)CC(C1=CC=C(OC(C)OCCc2ccccc2)CC1)C(C)C. The summed E-state index contributed by atoms with van der Waals surface area (Å²) in [6, 6.07) is 10.4. The quantitative estimate of drug-likeness (QED) is 0.444. The molecular weight excluding hydrogens is 320 g/mol. The third-order valence-corrected chi connectivity index (χ3v) is 5.05. The second-order valence-corrected chi connectivity index (χ2v) is 8.15. The van der Waals surface area contributed by atoms with Crippen molar-refractivity contribution in [2.24, 2.45) is 17.8 Å². The Morgan fingerprint density at radius 2 is 1.65 bits per heavy atom. The summed E-state index contributed by atoms with van der Waals surface area (Å²) in [6.07, 6.45) is 8.54. The minimum atomic E-state index is -0.198. The van der Waals surface area contributed by atoms with Gasteiger partial charge in [-0.3, -0.25) is 0 Å². The first-order valence-corrected chi connectivity index (χ1v) is 10.2. The predicted molar refractivity (Wildman–Crippen MR) is 110 cm³/mol. The Hall–Kier alpha value is -1.54. The van der Waals surface area contributed by atoms with E-state index in [1.807, 2.05) is 13.0 Å². The Balaban J connectivity index is 1.80. The lowest BCUT2D eigenvalue weighted by Gasteiger charge is -2.28. The monoisotopic (exact) mass is 356 g/mol. The van der Waals surface area contributed by atoms with Crippen LogP contribution in [0.2, 0.25) is 0 Å². The van der Waals surface area contributed by atoms with Crippen molar-refractivity contribution in [3.8, 4) is 0 Å². The van der Waals surface area contributed by atoms with Crippen LogP contribution in [0, 0.1) is 17.8 Å². The topological polar surface area (TPSA) is 18.5 Å². The molecule has 2 rings (SSSR count). The largest absolute Gasteiger partial charge is 0.470 e. The van der Waals surface area contributed by atoms with Crippen LogP contribution in [0.3, 0.4) is 0 Å². The van der Waals surface area contributed by atoms with Gasteiger partial charge >= 0.3 is 0 Å². The smallest absolute Gasteiger partial charge is 0.196 e. The van der Waals surface area contributed by atoms with Crippen molar-refractivity contribution in [2.75, 3.05) is 6.61 Å². The fraction of sp³-hybridized carbons (Fsp3) is 0.583. The van der Waals surface area contributed by atoms with Crippen LogP contribution in [-0.4, -0.2) is 12.9 Å². The molecule has 1 aromatic rings. The molecular formula is C24H36O2. The molecule has 1 aromatic carbocycles. The summed E-state index contributed by atoms with van der Waals surface area (Å²) in [6.45, 7) is 12.0. The highest BCUT2D eigenvalue weighted by Gasteiger charge is 2.22. The fourth-order valence-corrected chi connectivity index (χ4v) is 3.64. The van der Waals surface area contributed by atoms with E-state index in [0.29, 0.717) is 18.4 Å². The van der Waals surface area contributed by atoms with Gasteiger partial charge in [0.15, 0.2) is 6.29 Å². The number of benzene rings is 1. The molecule has 2 nitrogen and oxygen atoms in total. The molecule has 0 amide bonds. The summed E-state index contributed by atoms with van der Waals surface area (Å²) < 4.78 is 11.8. The maximum absolute atomic E-state index is 5.99. The molecule has 26 heavy (non-hydrogen) atoms. The zero-order chi connectivity index (χ0) is 18.9. The van der Waals surface area contributed by atoms with Gasteiger partial charge in [-0.05, 0) is 55.6 Å². The average molecular weight is 357 g/mol. The maximum Gasteiger partial charge on any atom is 0.196 e. The van der Waals surface area contributed by atoms with E-state index in [1.54, 1.807) is 5.57 Å². The van der Waals surface area contributed by atoms with Gasteiger partial charge in [-0.2, -0.15) is 0 Å². The first kappa shape index (κ1) is 20.8. The standard InChI is InChI=1S/C24H36O2/c1-18(2)17-24(19(3)4)22-11-13-23(14-12-22)26-20(5)25-16-15-21-9-7-6-8-10-21/h6-11,13,18-20,24H,12,14-17H2,1-5H3. The van der Waals surface area contributed by atoms with E-state index in [9.17, 15) is 0 Å². The van der Waals surface area contributed by atoms with Crippen molar-refractivity contribution in [3.63, 3.8) is 0 Å². The molecule has 0 fully saturated rings. The van der Waals surface area contributed by atoms with Crippen LogP contribution in [0.5, 0.6) is 0 Å². The molecule has 1 aliphatic rings. The normalized spacial score (nSPS) is 17.0. The number of rotatable bonds is 10. The Bertz CT molecular complexity index is 583. The summed E-state index contributed by atoms with van der Waals surface area (Å²) in [5.74, 6) is 3.17. The molecule has 2 heteroatoms. The Labute approximate surface area is 160 Å². The van der Waals surface area contributed by atoms with E-state index in [0.717, 1.165) is 30.9 Å². The number of hydrogen-bond acceptors (Lipinski definition) is 2. The highest BCUT2D eigenvalue weighted by molar-refractivity contribution is 5.23. The minimum Gasteiger partial charge on any atom is -0.470 e. The first-order chi connectivity index (χ1) is 12.5. The van der Waals surface area contributed by atoms with Crippen LogP contribution in [0.1, 0.15) is 59.4 Å². The second kappa shape index (κ2) is 10.6. The van der Waals surface area contributed by atoms with Gasteiger partial charge in [0, 0.05) is 6.42 Å². The van der Waals surface area contributed by atoms with Gasteiger partial charge in [-0.25, -0.2) is 0 Å². The average Bonchev–Trinajstić information content (AvgIpc) is 2.61. The van der Waals surface area contributed by atoms with Gasteiger partial charge in [-0.1, -0.05) is 69.7 Å². The number of allylic oxidation sites excluding steroid dienone is 4. The lowest BCUT2D eigenvalue weighted by molar-refractivity contribution is -0.104. The number of ether oxygens (including phenoxy) is 2. The van der Waals surface area contributed by atoms with E-state index in [2.05, 4.69) is 64.1 Å². The fourth-order valence-electron chi connectivity index (χ4n) is 3.64. The molecule has 0 saturated carbocycles. The molecule has 0 aromatic heterocycles. The van der Waals surface area contributed by atoms with E-state index < -0.39 is 0 Å². The summed E-state index contributed by atoms with van der Waals surface area (Å²) in [7, 11) is 0. The Morgan fingerprint density at radius 3 is 2.23 bits per heavy atom. The molecule has 2 unspecified atom stereocenters. The summed E-state index contributed by atoms with van der Waals surface area (Å²) >= 11 is 0. The van der Waals surface area contributed by atoms with Crippen LogP contribution in [0.25, 0.3) is 0 Å². The maximum atomic E-state index is 5.99. The van der Waals surface area contributed by atoms with Crippen molar-refractivity contribution < 1.29 is 9.47 Å². The third kappa shape index (κ3) is 6.99. The summed E-state index contributed by atoms with van der Waals surface area (Å²) in [5.41, 5.74) is 2.88. The van der Waals surface area contributed by atoms with Crippen LogP contribution in [0.4, 0.5) is 0 Å². The first-order valence-electron chi connectivity index (χ1n) is 10.2. The third-order valence-electron chi connectivity index (χ3n) is 5.05. The van der Waals surface area contributed by atoms with Crippen LogP contribution >= 0.6 is 0 Å². The molecule has 0 radical (unpaired) electrons. The molecule has 0 spiro atoms. The zero-order valence-electron chi connectivity index (χ0n) is 17.2. The minimum absolute atomic E-state index is 0.198. The van der Waals surface area contributed by atoms with Crippen molar-refractivity contribution in [1.82, 2.24) is 0 Å². The molecule has 0 saturated heterocycles. The Kier molecular flexibility index (Phi) is 8.44. The van der Waals surface area contributed by atoms with Crippen molar-refractivity contribution in [3.05, 3.63) is 59.4 Å². The molecule has 0 N–H and O–H groups in total. The van der Waals surface area contributed by atoms with E-state index in [1.165, 1.54) is 12.0 Å². The highest BCUT2D eigenvalue weighted by Crippen LogP contribution is 2.34. The van der Waals surface area contributed by atoms with Crippen molar-refractivity contribution >= 4 is 0 Å². The lowest BCUT2D eigenvalue weighted by atomic mass is 9.79. The van der Waals surface area contributed by atoms with Crippen molar-refractivity contribution in [1.29, 1.82) is 0 Å². The molecule has 2 atom stereocenters. The van der Waals surface area contributed by atoms with Crippen LogP contribution in [0.15, 0.2) is 53.8 Å².